The molecule has 150 valence electrons. The second-order valence-electron chi connectivity index (χ2n) is 6.91. The van der Waals surface area contributed by atoms with Crippen LogP contribution >= 0.6 is 11.3 Å². The van der Waals surface area contributed by atoms with Gasteiger partial charge in [0.25, 0.3) is 5.56 Å². The van der Waals surface area contributed by atoms with Gasteiger partial charge in [0, 0.05) is 19.9 Å². The largest absolute Gasteiger partial charge is 0.507 e. The third-order valence-corrected chi connectivity index (χ3v) is 5.96. The third kappa shape index (κ3) is 3.85. The Labute approximate surface area is 175 Å². The molecule has 3 nitrogen and oxygen atoms in total. The Balaban J connectivity index is 1.70. The van der Waals surface area contributed by atoms with E-state index in [1.807, 2.05) is 30.3 Å². The van der Waals surface area contributed by atoms with Crippen molar-refractivity contribution in [2.24, 2.45) is 7.05 Å². The van der Waals surface area contributed by atoms with E-state index in [0.717, 1.165) is 22.6 Å². The van der Waals surface area contributed by atoms with Gasteiger partial charge in [-0.3, -0.25) is 4.79 Å². The van der Waals surface area contributed by atoms with Crippen molar-refractivity contribution in [1.82, 2.24) is 4.57 Å². The van der Waals surface area contributed by atoms with Gasteiger partial charge in [-0.2, -0.15) is 0 Å². The molecule has 1 N–H and O–H groups in total. The number of benzene rings is 2. The van der Waals surface area contributed by atoms with E-state index in [4.69, 9.17) is 0 Å². The Morgan fingerprint density at radius 1 is 1.03 bits per heavy atom. The molecule has 0 radical (unpaired) electrons. The molecule has 0 atom stereocenters. The molecule has 0 unspecified atom stereocenters. The molecule has 0 fully saturated rings. The lowest BCUT2D eigenvalue weighted by Crippen LogP contribution is -2.21. The minimum atomic E-state index is -0.989. The molecule has 2 aromatic heterocycles. The first kappa shape index (κ1) is 19.9. The van der Waals surface area contributed by atoms with Gasteiger partial charge in [-0.15, -0.1) is 11.3 Å². The minimum absolute atomic E-state index is 0.00346. The van der Waals surface area contributed by atoms with E-state index >= 15 is 0 Å². The van der Waals surface area contributed by atoms with Crippen molar-refractivity contribution in [3.8, 4) is 17.6 Å². The van der Waals surface area contributed by atoms with Crippen LogP contribution in [0.2, 0.25) is 0 Å². The Morgan fingerprint density at radius 3 is 2.53 bits per heavy atom. The molecule has 30 heavy (non-hydrogen) atoms. The zero-order chi connectivity index (χ0) is 21.3. The Kier molecular flexibility index (Phi) is 5.39. The Bertz CT molecular complexity index is 1360. The van der Waals surface area contributed by atoms with E-state index in [2.05, 4.69) is 11.8 Å². The summed E-state index contributed by atoms with van der Waals surface area (Å²) < 4.78 is 28.2. The molecule has 2 heterocycles. The number of fused-ring (bicyclic) bond motifs is 1. The summed E-state index contributed by atoms with van der Waals surface area (Å²) in [6.45, 7) is 0. The summed E-state index contributed by atoms with van der Waals surface area (Å²) in [5.41, 5.74) is 1.27. The maximum Gasteiger partial charge on any atom is 0.258 e. The quantitative estimate of drug-likeness (QED) is 0.484. The number of hydrogen-bond donors (Lipinski definition) is 1. The van der Waals surface area contributed by atoms with Gasteiger partial charge in [0.1, 0.15) is 10.6 Å². The van der Waals surface area contributed by atoms with E-state index in [0.29, 0.717) is 22.2 Å². The highest BCUT2D eigenvalue weighted by Crippen LogP contribution is 2.33. The summed E-state index contributed by atoms with van der Waals surface area (Å²) >= 11 is 1.33. The zero-order valence-corrected chi connectivity index (χ0v) is 16.9. The van der Waals surface area contributed by atoms with Crippen molar-refractivity contribution in [3.63, 3.8) is 0 Å². The lowest BCUT2D eigenvalue weighted by molar-refractivity contribution is 0.473. The Hall–Kier alpha value is -3.43. The fourth-order valence-electron chi connectivity index (χ4n) is 3.26. The summed E-state index contributed by atoms with van der Waals surface area (Å²) in [5.74, 6) is 4.11. The highest BCUT2D eigenvalue weighted by molar-refractivity contribution is 7.19. The average Bonchev–Trinajstić information content (AvgIpc) is 3.17. The van der Waals surface area contributed by atoms with Gasteiger partial charge in [-0.1, -0.05) is 48.2 Å². The number of hydrogen-bond acceptors (Lipinski definition) is 3. The lowest BCUT2D eigenvalue weighted by atomic mass is 10.0. The van der Waals surface area contributed by atoms with Crippen LogP contribution in [0.25, 0.3) is 10.2 Å². The normalized spacial score (nSPS) is 10.8. The molecular weight excluding hydrogens is 404 g/mol. The van der Waals surface area contributed by atoms with Gasteiger partial charge in [0.2, 0.25) is 0 Å². The predicted molar refractivity (Wildman–Crippen MR) is 115 cm³/mol. The smallest absolute Gasteiger partial charge is 0.258 e. The molecule has 0 bridgehead atoms. The second-order valence-corrected chi connectivity index (χ2v) is 7.94. The number of rotatable bonds is 3. The van der Waals surface area contributed by atoms with E-state index in [1.54, 1.807) is 13.1 Å². The molecule has 0 saturated carbocycles. The van der Waals surface area contributed by atoms with Crippen LogP contribution in [0.5, 0.6) is 5.75 Å². The Morgan fingerprint density at radius 2 is 1.80 bits per heavy atom. The standard InChI is InChI=1S/C24H17F2NO2S/c1-27-23(29)18(12-16-10-11-20(25)21(26)13-16)22(28)19-14-17(30-24(19)27)9-5-8-15-6-3-2-4-7-15/h2-4,6-7,10-11,13-14,28H,8,12H2,1H3. The number of pyridine rings is 1. The van der Waals surface area contributed by atoms with E-state index < -0.39 is 11.6 Å². The first-order valence-electron chi connectivity index (χ1n) is 9.25. The van der Waals surface area contributed by atoms with Crippen LogP contribution in [0.3, 0.4) is 0 Å². The van der Waals surface area contributed by atoms with Crippen molar-refractivity contribution in [2.75, 3.05) is 0 Å². The topological polar surface area (TPSA) is 42.2 Å². The number of halogens is 2. The molecule has 0 amide bonds. The maximum absolute atomic E-state index is 13.5. The van der Waals surface area contributed by atoms with Crippen LogP contribution in [0.4, 0.5) is 8.78 Å². The SMILES string of the molecule is Cn1c(=O)c(Cc2ccc(F)c(F)c2)c(O)c2cc(C#CCc3ccccc3)sc21. The van der Waals surface area contributed by atoms with Crippen molar-refractivity contribution in [2.45, 2.75) is 12.8 Å². The van der Waals surface area contributed by atoms with Gasteiger partial charge < -0.3 is 9.67 Å². The van der Waals surface area contributed by atoms with E-state index in [-0.39, 0.29) is 23.3 Å². The first-order valence-corrected chi connectivity index (χ1v) is 10.1. The van der Waals surface area contributed by atoms with Crippen molar-refractivity contribution < 1.29 is 13.9 Å². The van der Waals surface area contributed by atoms with Crippen molar-refractivity contribution in [3.05, 3.63) is 98.2 Å². The molecule has 4 aromatic rings. The first-order chi connectivity index (χ1) is 14.4. The molecule has 0 aliphatic heterocycles. The van der Waals surface area contributed by atoms with Gasteiger partial charge >= 0.3 is 0 Å². The average molecular weight is 421 g/mol. The number of thiophene rings is 1. The van der Waals surface area contributed by atoms with Crippen LogP contribution in [-0.2, 0) is 19.9 Å². The van der Waals surface area contributed by atoms with Gasteiger partial charge in [-0.05, 0) is 29.3 Å². The minimum Gasteiger partial charge on any atom is -0.507 e. The molecule has 2 aromatic carbocycles. The maximum atomic E-state index is 13.5. The summed E-state index contributed by atoms with van der Waals surface area (Å²) in [6, 6.07) is 15.1. The highest BCUT2D eigenvalue weighted by atomic mass is 32.1. The third-order valence-electron chi connectivity index (χ3n) is 4.83. The lowest BCUT2D eigenvalue weighted by Gasteiger charge is -2.09. The van der Waals surface area contributed by atoms with Crippen molar-refractivity contribution >= 4 is 21.6 Å². The van der Waals surface area contributed by atoms with Gasteiger partial charge in [0.15, 0.2) is 11.6 Å². The van der Waals surface area contributed by atoms with Crippen molar-refractivity contribution in [1.29, 1.82) is 0 Å². The fourth-order valence-corrected chi connectivity index (χ4v) is 4.26. The van der Waals surface area contributed by atoms with Gasteiger partial charge in [-0.25, -0.2) is 8.78 Å². The zero-order valence-electron chi connectivity index (χ0n) is 16.1. The van der Waals surface area contributed by atoms with Crippen LogP contribution in [0.15, 0.2) is 59.4 Å². The molecule has 0 spiro atoms. The molecule has 4 rings (SSSR count). The predicted octanol–water partition coefficient (Wildman–Crippen LogP) is 4.77. The van der Waals surface area contributed by atoms with Crippen LogP contribution in [0, 0.1) is 23.5 Å². The van der Waals surface area contributed by atoms with Crippen LogP contribution in [-0.4, -0.2) is 9.67 Å². The summed E-state index contributed by atoms with van der Waals surface area (Å²) in [6.07, 6.45) is 0.595. The van der Waals surface area contributed by atoms with Gasteiger partial charge in [0.05, 0.1) is 15.8 Å². The fraction of sp³-hybridized carbons (Fsp3) is 0.125. The molecule has 0 saturated heterocycles. The van der Waals surface area contributed by atoms with Crippen LogP contribution in [0.1, 0.15) is 21.6 Å². The highest BCUT2D eigenvalue weighted by Gasteiger charge is 2.18. The van der Waals surface area contributed by atoms with Crippen LogP contribution < -0.4 is 5.56 Å². The molecule has 0 aliphatic rings. The summed E-state index contributed by atoms with van der Waals surface area (Å²) in [4.78, 5) is 14.1. The van der Waals surface area contributed by atoms with E-state index in [9.17, 15) is 18.7 Å². The van der Waals surface area contributed by atoms with E-state index in [1.165, 1.54) is 22.0 Å². The molecule has 0 aliphatic carbocycles. The number of aryl methyl sites for hydroxylation is 1. The number of nitrogens with zero attached hydrogens (tertiary/aromatic N) is 1. The molecule has 6 heteroatoms. The summed E-state index contributed by atoms with van der Waals surface area (Å²) in [7, 11) is 1.62. The number of aromatic nitrogens is 1. The number of aromatic hydroxyl groups is 1. The summed E-state index contributed by atoms with van der Waals surface area (Å²) in [5, 5.41) is 11.3. The molecular formula is C24H17F2NO2S. The monoisotopic (exact) mass is 421 g/mol. The second kappa shape index (κ2) is 8.13.